The van der Waals surface area contributed by atoms with Crippen molar-refractivity contribution in [1.29, 1.82) is 5.26 Å². The van der Waals surface area contributed by atoms with Gasteiger partial charge < -0.3 is 4.74 Å². The minimum Gasteiger partial charge on any atom is -0.495 e. The Morgan fingerprint density at radius 2 is 2.17 bits per heavy atom. The maximum absolute atomic E-state index is 12.1. The van der Waals surface area contributed by atoms with Gasteiger partial charge >= 0.3 is 0 Å². The van der Waals surface area contributed by atoms with Crippen LogP contribution < -0.4 is 15.3 Å². The first kappa shape index (κ1) is 17.6. The lowest BCUT2D eigenvalue weighted by atomic mass is 10.2. The van der Waals surface area contributed by atoms with Crippen LogP contribution in [0.3, 0.4) is 0 Å². The summed E-state index contributed by atoms with van der Waals surface area (Å²) in [6, 6.07) is 9.01. The minimum absolute atomic E-state index is 0.0715. The third-order valence-electron chi connectivity index (χ3n) is 2.83. The highest BCUT2D eigenvalue weighted by Crippen LogP contribution is 2.26. The van der Waals surface area contributed by atoms with Crippen LogP contribution in [0.15, 0.2) is 45.7 Å². The van der Waals surface area contributed by atoms with Crippen molar-refractivity contribution in [2.75, 3.05) is 12.5 Å². The Morgan fingerprint density at radius 3 is 2.71 bits per heavy atom. The van der Waals surface area contributed by atoms with Crippen molar-refractivity contribution in [3.8, 4) is 11.8 Å². The number of nitrogens with two attached hydrogens (primary N) is 1. The summed E-state index contributed by atoms with van der Waals surface area (Å²) in [6.45, 7) is 0. The highest BCUT2D eigenvalue weighted by molar-refractivity contribution is 7.89. The van der Waals surface area contributed by atoms with E-state index in [4.69, 9.17) is 15.1 Å². The number of hydrogen-bond acceptors (Lipinski definition) is 8. The molecule has 0 radical (unpaired) electrons. The summed E-state index contributed by atoms with van der Waals surface area (Å²) in [6.07, 6.45) is 0. The van der Waals surface area contributed by atoms with Crippen molar-refractivity contribution in [3.05, 3.63) is 40.6 Å². The van der Waals surface area contributed by atoms with E-state index in [2.05, 4.69) is 10.5 Å². The number of carbonyl (C=O) groups is 1. The van der Waals surface area contributed by atoms with E-state index in [0.717, 1.165) is 0 Å². The van der Waals surface area contributed by atoms with Gasteiger partial charge in [0.2, 0.25) is 21.5 Å². The fraction of sp³-hybridized carbons (Fsp3) is 0.0714. The number of ketones is 1. The summed E-state index contributed by atoms with van der Waals surface area (Å²) < 4.78 is 28.0. The summed E-state index contributed by atoms with van der Waals surface area (Å²) in [5.41, 5.74) is 2.35. The highest BCUT2D eigenvalue weighted by Gasteiger charge is 2.17. The lowest BCUT2D eigenvalue weighted by Crippen LogP contribution is -2.14. The number of methoxy groups -OCH3 is 1. The number of hydrogen-bond donors (Lipinski definition) is 2. The van der Waals surface area contributed by atoms with Crippen LogP contribution in [0.1, 0.15) is 9.67 Å². The van der Waals surface area contributed by atoms with E-state index in [0.29, 0.717) is 4.88 Å². The molecule has 2 rings (SSSR count). The zero-order chi connectivity index (χ0) is 17.7. The number of Topliss-reactive ketones (excluding diaryl/α,β-unsaturated/α-hetero) is 1. The number of rotatable bonds is 6. The molecule has 124 valence electrons. The van der Waals surface area contributed by atoms with Gasteiger partial charge in [0, 0.05) is 0 Å². The SMILES string of the molecule is COc1ccc(N/N=C(\C#N)C(=O)c2cccs2)cc1S(N)(=O)=O. The van der Waals surface area contributed by atoms with Gasteiger partial charge in [-0.25, -0.2) is 13.6 Å². The lowest BCUT2D eigenvalue weighted by molar-refractivity contribution is 0.107. The number of nitrogens with one attached hydrogen (secondary N) is 1. The van der Waals surface area contributed by atoms with Crippen LogP contribution in [-0.2, 0) is 10.0 Å². The maximum Gasteiger partial charge on any atom is 0.241 e. The van der Waals surface area contributed by atoms with Crippen LogP contribution in [0.5, 0.6) is 5.75 Å². The van der Waals surface area contributed by atoms with Crippen LogP contribution in [0, 0.1) is 11.3 Å². The van der Waals surface area contributed by atoms with Crippen molar-refractivity contribution in [1.82, 2.24) is 0 Å². The molecule has 1 aromatic heterocycles. The Morgan fingerprint density at radius 1 is 1.42 bits per heavy atom. The number of primary sulfonamides is 1. The number of thiophene rings is 1. The van der Waals surface area contributed by atoms with Gasteiger partial charge in [-0.2, -0.15) is 10.4 Å². The van der Waals surface area contributed by atoms with Gasteiger partial charge in [0.15, 0.2) is 0 Å². The number of benzene rings is 1. The molecular formula is C14H12N4O4S2. The molecule has 0 aliphatic heterocycles. The molecule has 10 heteroatoms. The van der Waals surface area contributed by atoms with E-state index >= 15 is 0 Å². The molecule has 3 N–H and O–H groups in total. The number of hydrazone groups is 1. The molecule has 0 spiro atoms. The Balaban J connectivity index is 2.31. The second kappa shape index (κ2) is 7.22. The second-order valence-electron chi connectivity index (χ2n) is 4.40. The maximum atomic E-state index is 12.1. The number of ether oxygens (including phenoxy) is 1. The molecular weight excluding hydrogens is 352 g/mol. The summed E-state index contributed by atoms with van der Waals surface area (Å²) >= 11 is 1.19. The van der Waals surface area contributed by atoms with E-state index in [9.17, 15) is 13.2 Å². The molecule has 0 fully saturated rings. The molecule has 0 atom stereocenters. The van der Waals surface area contributed by atoms with Gasteiger partial charge in [0.1, 0.15) is 16.7 Å². The molecule has 0 amide bonds. The van der Waals surface area contributed by atoms with Crippen molar-refractivity contribution in [2.24, 2.45) is 10.2 Å². The van der Waals surface area contributed by atoms with Gasteiger partial charge in [-0.3, -0.25) is 10.2 Å². The number of sulfonamides is 1. The average molecular weight is 364 g/mol. The van der Waals surface area contributed by atoms with Crippen molar-refractivity contribution < 1.29 is 17.9 Å². The van der Waals surface area contributed by atoms with E-state index in [1.807, 2.05) is 0 Å². The molecule has 24 heavy (non-hydrogen) atoms. The second-order valence-corrected chi connectivity index (χ2v) is 6.88. The summed E-state index contributed by atoms with van der Waals surface area (Å²) in [5, 5.41) is 19.6. The van der Waals surface area contributed by atoms with E-state index in [1.165, 1.54) is 36.6 Å². The van der Waals surface area contributed by atoms with Crippen LogP contribution in [-0.4, -0.2) is 27.0 Å². The first-order chi connectivity index (χ1) is 11.4. The molecule has 0 aliphatic rings. The standard InChI is InChI=1S/C14H12N4O4S2/c1-22-11-5-4-9(7-13(11)24(16,20)21)17-18-10(8-15)14(19)12-3-2-6-23-12/h2-7,17H,1H3,(H2,16,20,21)/b18-10+. The molecule has 0 unspecified atom stereocenters. The largest absolute Gasteiger partial charge is 0.495 e. The minimum atomic E-state index is -4.01. The summed E-state index contributed by atoms with van der Waals surface area (Å²) in [4.78, 5) is 12.2. The zero-order valence-corrected chi connectivity index (χ0v) is 14.0. The molecule has 0 saturated carbocycles. The number of carbonyl (C=O) groups excluding carboxylic acids is 1. The number of nitrogens with zero attached hydrogens (tertiary/aromatic N) is 2. The fourth-order valence-corrected chi connectivity index (χ4v) is 3.13. The molecule has 0 aliphatic carbocycles. The van der Waals surface area contributed by atoms with Crippen LogP contribution in [0.2, 0.25) is 0 Å². The smallest absolute Gasteiger partial charge is 0.241 e. The third kappa shape index (κ3) is 3.96. The van der Waals surface area contributed by atoms with Gasteiger partial charge in [-0.15, -0.1) is 11.3 Å². The molecule has 2 aromatic rings. The number of nitriles is 1. The quantitative estimate of drug-likeness (QED) is 0.454. The first-order valence-electron chi connectivity index (χ1n) is 6.39. The highest BCUT2D eigenvalue weighted by atomic mass is 32.2. The van der Waals surface area contributed by atoms with Gasteiger partial charge in [-0.1, -0.05) is 6.07 Å². The van der Waals surface area contributed by atoms with Gasteiger partial charge in [0.25, 0.3) is 0 Å². The normalized spacial score (nSPS) is 11.6. The first-order valence-corrected chi connectivity index (χ1v) is 8.82. The Labute approximate surface area is 142 Å². The average Bonchev–Trinajstić information content (AvgIpc) is 3.08. The zero-order valence-electron chi connectivity index (χ0n) is 12.4. The Bertz CT molecular complexity index is 928. The third-order valence-corrected chi connectivity index (χ3v) is 4.63. The molecule has 0 saturated heterocycles. The molecule has 8 nitrogen and oxygen atoms in total. The molecule has 1 heterocycles. The number of anilines is 1. The predicted molar refractivity (Wildman–Crippen MR) is 89.7 cm³/mol. The fourth-order valence-electron chi connectivity index (χ4n) is 1.74. The molecule has 1 aromatic carbocycles. The van der Waals surface area contributed by atoms with Crippen molar-refractivity contribution in [3.63, 3.8) is 0 Å². The summed E-state index contributed by atoms with van der Waals surface area (Å²) in [5.74, 6) is -0.456. The Hall–Kier alpha value is -2.74. The van der Waals surface area contributed by atoms with Crippen LogP contribution in [0.25, 0.3) is 0 Å². The van der Waals surface area contributed by atoms with Crippen molar-refractivity contribution >= 4 is 38.5 Å². The van der Waals surface area contributed by atoms with Crippen molar-refractivity contribution in [2.45, 2.75) is 4.90 Å². The monoisotopic (exact) mass is 364 g/mol. The van der Waals surface area contributed by atoms with Crippen LogP contribution >= 0.6 is 11.3 Å². The lowest BCUT2D eigenvalue weighted by Gasteiger charge is -2.08. The molecule has 0 bridgehead atoms. The van der Waals surface area contributed by atoms with E-state index in [-0.39, 0.29) is 22.0 Å². The van der Waals surface area contributed by atoms with E-state index in [1.54, 1.807) is 23.6 Å². The van der Waals surface area contributed by atoms with E-state index < -0.39 is 15.8 Å². The topological polar surface area (TPSA) is 135 Å². The predicted octanol–water partition coefficient (Wildman–Crippen LogP) is 1.58. The summed E-state index contributed by atoms with van der Waals surface area (Å²) in [7, 11) is -2.70. The van der Waals surface area contributed by atoms with Crippen LogP contribution in [0.4, 0.5) is 5.69 Å². The Kier molecular flexibility index (Phi) is 5.30. The van der Waals surface area contributed by atoms with Gasteiger partial charge in [-0.05, 0) is 29.6 Å². The van der Waals surface area contributed by atoms with Gasteiger partial charge in [0.05, 0.1) is 17.7 Å².